The number of aromatic nitrogens is 3. The van der Waals surface area contributed by atoms with Crippen molar-refractivity contribution in [2.75, 3.05) is 26.8 Å². The van der Waals surface area contributed by atoms with E-state index in [1.165, 1.54) is 7.11 Å². The van der Waals surface area contributed by atoms with E-state index in [4.69, 9.17) is 10.5 Å². The van der Waals surface area contributed by atoms with Crippen LogP contribution in [0.2, 0.25) is 0 Å². The Morgan fingerprint density at radius 3 is 2.93 bits per heavy atom. The first kappa shape index (κ1) is 20.7. The Morgan fingerprint density at radius 2 is 2.17 bits per heavy atom. The Hall–Kier alpha value is -2.52. The Bertz CT molecular complexity index is 881. The molecule has 0 radical (unpaired) electrons. The van der Waals surface area contributed by atoms with Gasteiger partial charge in [-0.05, 0) is 24.5 Å². The second-order valence-corrected chi connectivity index (χ2v) is 8.00. The van der Waals surface area contributed by atoms with Crippen LogP contribution in [0.15, 0.2) is 24.4 Å². The monoisotopic (exact) mass is 417 g/mol. The molecule has 1 aromatic carbocycles. The molecule has 2 aliphatic heterocycles. The maximum Gasteiger partial charge on any atom is 0.323 e. The van der Waals surface area contributed by atoms with E-state index in [0.717, 1.165) is 42.9 Å². The van der Waals surface area contributed by atoms with Crippen molar-refractivity contribution < 1.29 is 18.7 Å². The molecule has 9 heteroatoms. The number of hydrogen-bond donors (Lipinski definition) is 1. The van der Waals surface area contributed by atoms with Gasteiger partial charge in [-0.3, -0.25) is 9.69 Å². The minimum Gasteiger partial charge on any atom is -0.493 e. The molecule has 0 bridgehead atoms. The largest absolute Gasteiger partial charge is 0.493 e. The molecule has 30 heavy (non-hydrogen) atoms. The van der Waals surface area contributed by atoms with Crippen LogP contribution in [0.4, 0.5) is 4.39 Å². The van der Waals surface area contributed by atoms with E-state index in [-0.39, 0.29) is 12.5 Å². The third-order valence-corrected chi connectivity index (χ3v) is 5.82. The molecule has 1 fully saturated rings. The van der Waals surface area contributed by atoms with E-state index in [9.17, 15) is 9.18 Å². The number of nitrogens with zero attached hydrogens (tertiary/aromatic N) is 4. The number of benzene rings is 1. The molecular formula is C21H28FN5O3. The van der Waals surface area contributed by atoms with Crippen molar-refractivity contribution in [1.29, 1.82) is 0 Å². The van der Waals surface area contributed by atoms with Crippen molar-refractivity contribution in [1.82, 2.24) is 19.9 Å². The van der Waals surface area contributed by atoms with Crippen LogP contribution in [-0.4, -0.2) is 64.9 Å². The number of nitrogens with two attached hydrogens (primary N) is 1. The summed E-state index contributed by atoms with van der Waals surface area (Å²) >= 11 is 0. The number of alkyl halides is 1. The molecule has 0 unspecified atom stereocenters. The van der Waals surface area contributed by atoms with E-state index in [1.807, 2.05) is 10.9 Å². The third-order valence-electron chi connectivity index (χ3n) is 5.82. The topological polar surface area (TPSA) is 95.5 Å². The zero-order valence-electron chi connectivity index (χ0n) is 17.2. The van der Waals surface area contributed by atoms with Gasteiger partial charge in [-0.25, -0.2) is 9.07 Å². The number of ether oxygens (including phenoxy) is 2. The van der Waals surface area contributed by atoms with Gasteiger partial charge in [-0.2, -0.15) is 0 Å². The van der Waals surface area contributed by atoms with E-state index in [1.54, 1.807) is 0 Å². The summed E-state index contributed by atoms with van der Waals surface area (Å²) in [5.74, 6) is 0.386. The lowest BCUT2D eigenvalue weighted by molar-refractivity contribution is -0.142. The van der Waals surface area contributed by atoms with Crippen molar-refractivity contribution in [3.63, 3.8) is 0 Å². The first-order valence-electron chi connectivity index (χ1n) is 10.4. The first-order valence-corrected chi connectivity index (χ1v) is 10.4. The van der Waals surface area contributed by atoms with Crippen LogP contribution in [0, 0.1) is 0 Å². The SMILES string of the molecule is COC(=O)[C@H](N)Cc1cn([C@@H]2CCOc3cc(CN4CCC(F)CC4)ccc32)nn1. The predicted octanol–water partition coefficient (Wildman–Crippen LogP) is 1.63. The van der Waals surface area contributed by atoms with Gasteiger partial charge in [-0.1, -0.05) is 17.3 Å². The molecule has 2 aromatic rings. The van der Waals surface area contributed by atoms with Gasteiger partial charge in [0.1, 0.15) is 18.0 Å². The Kier molecular flexibility index (Phi) is 6.29. The van der Waals surface area contributed by atoms with Crippen molar-refractivity contribution in [3.8, 4) is 5.75 Å². The maximum atomic E-state index is 13.4. The highest BCUT2D eigenvalue weighted by Crippen LogP contribution is 2.35. The molecule has 0 amide bonds. The summed E-state index contributed by atoms with van der Waals surface area (Å²) in [6.07, 6.45) is 3.44. The fraction of sp³-hybridized carbons (Fsp3) is 0.571. The average molecular weight is 417 g/mol. The molecule has 2 N–H and O–H groups in total. The highest BCUT2D eigenvalue weighted by Gasteiger charge is 2.26. The molecule has 1 aromatic heterocycles. The lowest BCUT2D eigenvalue weighted by Crippen LogP contribution is -2.33. The smallest absolute Gasteiger partial charge is 0.323 e. The zero-order chi connectivity index (χ0) is 21.1. The molecule has 4 rings (SSSR count). The van der Waals surface area contributed by atoms with Gasteiger partial charge >= 0.3 is 5.97 Å². The normalized spacial score (nSPS) is 21.0. The first-order chi connectivity index (χ1) is 14.5. The lowest BCUT2D eigenvalue weighted by Gasteiger charge is -2.30. The van der Waals surface area contributed by atoms with Gasteiger partial charge in [0.25, 0.3) is 0 Å². The summed E-state index contributed by atoms with van der Waals surface area (Å²) in [5, 5.41) is 8.43. The summed E-state index contributed by atoms with van der Waals surface area (Å²) in [5.41, 5.74) is 8.69. The summed E-state index contributed by atoms with van der Waals surface area (Å²) in [6, 6.07) is 5.52. The average Bonchev–Trinajstić information content (AvgIpc) is 3.22. The number of carbonyl (C=O) groups is 1. The second-order valence-electron chi connectivity index (χ2n) is 8.00. The molecule has 3 heterocycles. The number of esters is 1. The van der Waals surface area contributed by atoms with Gasteiger partial charge in [0, 0.05) is 44.2 Å². The van der Waals surface area contributed by atoms with Gasteiger partial charge in [0.15, 0.2) is 0 Å². The highest BCUT2D eigenvalue weighted by atomic mass is 19.1. The number of rotatable bonds is 6. The molecule has 2 atom stereocenters. The standard InChI is InChI=1S/C21H28FN5O3/c1-29-21(28)18(23)11-16-13-27(25-24-16)19-6-9-30-20-10-14(2-3-17(19)20)12-26-7-4-15(22)5-8-26/h2-3,10,13,15,18-19H,4-9,11-12,23H2,1H3/t18-,19-/m1/s1. The number of hydrogen-bond acceptors (Lipinski definition) is 7. The van der Waals surface area contributed by atoms with Gasteiger partial charge in [0.2, 0.25) is 0 Å². The molecular weight excluding hydrogens is 389 g/mol. The van der Waals surface area contributed by atoms with E-state index >= 15 is 0 Å². The number of piperidine rings is 1. The number of methoxy groups -OCH3 is 1. The van der Waals surface area contributed by atoms with Crippen LogP contribution >= 0.6 is 0 Å². The van der Waals surface area contributed by atoms with E-state index in [2.05, 4.69) is 38.1 Å². The summed E-state index contributed by atoms with van der Waals surface area (Å²) in [6.45, 7) is 2.96. The minimum atomic E-state index is -0.757. The molecule has 1 saturated heterocycles. The molecule has 8 nitrogen and oxygen atoms in total. The number of fused-ring (bicyclic) bond motifs is 1. The van der Waals surface area contributed by atoms with Gasteiger partial charge in [0.05, 0.1) is 25.5 Å². The van der Waals surface area contributed by atoms with Crippen molar-refractivity contribution in [3.05, 3.63) is 41.2 Å². The van der Waals surface area contributed by atoms with Crippen molar-refractivity contribution in [2.24, 2.45) is 5.73 Å². The van der Waals surface area contributed by atoms with Crippen LogP contribution in [0.3, 0.4) is 0 Å². The van der Waals surface area contributed by atoms with E-state index in [0.29, 0.717) is 25.1 Å². The minimum absolute atomic E-state index is 0.0145. The molecule has 2 aliphatic rings. The number of likely N-dealkylation sites (tertiary alicyclic amines) is 1. The predicted molar refractivity (Wildman–Crippen MR) is 108 cm³/mol. The lowest BCUT2D eigenvalue weighted by atomic mass is 9.98. The fourth-order valence-corrected chi connectivity index (χ4v) is 4.13. The molecule has 0 spiro atoms. The molecule has 0 aliphatic carbocycles. The van der Waals surface area contributed by atoms with Crippen LogP contribution in [0.1, 0.15) is 42.1 Å². The zero-order valence-corrected chi connectivity index (χ0v) is 17.2. The van der Waals surface area contributed by atoms with Crippen molar-refractivity contribution in [2.45, 2.75) is 50.5 Å². The van der Waals surface area contributed by atoms with Gasteiger partial charge < -0.3 is 15.2 Å². The second kappa shape index (κ2) is 9.09. The molecule has 162 valence electrons. The van der Waals surface area contributed by atoms with Crippen LogP contribution in [0.5, 0.6) is 5.75 Å². The Balaban J connectivity index is 1.46. The van der Waals surface area contributed by atoms with Crippen LogP contribution < -0.4 is 10.5 Å². The summed E-state index contributed by atoms with van der Waals surface area (Å²) in [4.78, 5) is 13.8. The number of carbonyl (C=O) groups excluding carboxylic acids is 1. The third kappa shape index (κ3) is 4.62. The maximum absolute atomic E-state index is 13.4. The van der Waals surface area contributed by atoms with Crippen LogP contribution in [-0.2, 0) is 22.5 Å². The Labute approximate surface area is 175 Å². The highest BCUT2D eigenvalue weighted by molar-refractivity contribution is 5.75. The van der Waals surface area contributed by atoms with E-state index < -0.39 is 18.2 Å². The Morgan fingerprint density at radius 1 is 1.37 bits per heavy atom. The number of halogens is 1. The quantitative estimate of drug-likeness (QED) is 0.714. The summed E-state index contributed by atoms with van der Waals surface area (Å²) in [7, 11) is 1.31. The fourth-order valence-electron chi connectivity index (χ4n) is 4.13. The van der Waals surface area contributed by atoms with Crippen LogP contribution in [0.25, 0.3) is 0 Å². The summed E-state index contributed by atoms with van der Waals surface area (Å²) < 4.78 is 25.8. The van der Waals surface area contributed by atoms with Gasteiger partial charge in [-0.15, -0.1) is 5.10 Å². The molecule has 0 saturated carbocycles. The van der Waals surface area contributed by atoms with Crippen molar-refractivity contribution >= 4 is 5.97 Å².